The van der Waals surface area contributed by atoms with E-state index in [9.17, 15) is 9.90 Å². The number of hydrazone groups is 1. The predicted octanol–water partition coefficient (Wildman–Crippen LogP) is 5.93. The summed E-state index contributed by atoms with van der Waals surface area (Å²) < 4.78 is 11.7. The number of benzene rings is 4. The molecule has 0 fully saturated rings. The van der Waals surface area contributed by atoms with Crippen molar-refractivity contribution >= 4 is 22.9 Å². The molecule has 0 aromatic heterocycles. The number of phenolic OH excluding ortho intramolecular Hbond substituents is 1. The Hall–Kier alpha value is -4.58. The number of phenols is 1. The number of fused-ring (bicyclic) bond motifs is 1. The van der Waals surface area contributed by atoms with Gasteiger partial charge in [-0.2, -0.15) is 5.10 Å². The fourth-order valence-corrected chi connectivity index (χ4v) is 3.86. The molecule has 1 amide bonds. The summed E-state index contributed by atoms with van der Waals surface area (Å²) in [7, 11) is 1.58. The number of carbonyl (C=O) groups excluding carboxylic acids is 1. The summed E-state index contributed by atoms with van der Waals surface area (Å²) in [6.45, 7) is 6.30. The van der Waals surface area contributed by atoms with E-state index in [1.54, 1.807) is 31.4 Å². The molecule has 6 nitrogen and oxygen atoms in total. The molecule has 4 aromatic carbocycles. The molecule has 0 aliphatic carbocycles. The van der Waals surface area contributed by atoms with Gasteiger partial charge >= 0.3 is 0 Å². The molecule has 0 atom stereocenters. The Morgan fingerprint density at radius 2 is 1.78 bits per heavy atom. The standard InChI is InChI=1S/C30H28N2O4/c1-4-7-25-14-22(15-28(35-3)29(25)36-19-21-12-10-20(2)11-13-21)18-31-32-30(34)26-16-23-8-5-6-9-24(23)17-27(26)33/h4-6,8-18,33H,1,7,19H2,2-3H3,(H,32,34). The van der Waals surface area contributed by atoms with Gasteiger partial charge in [-0.15, -0.1) is 6.58 Å². The quantitative estimate of drug-likeness (QED) is 0.177. The first-order chi connectivity index (χ1) is 17.5. The van der Waals surface area contributed by atoms with Crippen LogP contribution in [-0.2, 0) is 13.0 Å². The van der Waals surface area contributed by atoms with Gasteiger partial charge in [0.15, 0.2) is 11.5 Å². The maximum atomic E-state index is 12.6. The number of ether oxygens (including phenoxy) is 2. The van der Waals surface area contributed by atoms with E-state index in [-0.39, 0.29) is 11.3 Å². The lowest BCUT2D eigenvalue weighted by Crippen LogP contribution is -2.17. The molecular formula is C30H28N2O4. The predicted molar refractivity (Wildman–Crippen MR) is 143 cm³/mol. The number of allylic oxidation sites excluding steroid dienone is 1. The number of hydrogen-bond donors (Lipinski definition) is 2. The Kier molecular flexibility index (Phi) is 7.66. The maximum Gasteiger partial charge on any atom is 0.275 e. The van der Waals surface area contributed by atoms with Crippen molar-refractivity contribution in [3.8, 4) is 17.2 Å². The molecule has 4 rings (SSSR count). The number of hydrogen-bond acceptors (Lipinski definition) is 5. The summed E-state index contributed by atoms with van der Waals surface area (Å²) in [6.07, 6.45) is 3.88. The number of carbonyl (C=O) groups is 1. The molecule has 0 saturated heterocycles. The number of nitrogens with one attached hydrogen (secondary N) is 1. The van der Waals surface area contributed by atoms with E-state index in [0.717, 1.165) is 27.5 Å². The second-order valence-electron chi connectivity index (χ2n) is 8.39. The van der Waals surface area contributed by atoms with Gasteiger partial charge in [0, 0.05) is 5.56 Å². The first kappa shape index (κ1) is 24.5. The van der Waals surface area contributed by atoms with Crippen molar-refractivity contribution in [2.75, 3.05) is 7.11 Å². The van der Waals surface area contributed by atoms with Crippen LogP contribution < -0.4 is 14.9 Å². The molecule has 4 aromatic rings. The Morgan fingerprint density at radius 3 is 2.47 bits per heavy atom. The summed E-state index contributed by atoms with van der Waals surface area (Å²) in [4.78, 5) is 12.6. The van der Waals surface area contributed by atoms with Crippen molar-refractivity contribution in [1.82, 2.24) is 5.43 Å². The zero-order chi connectivity index (χ0) is 25.5. The molecule has 0 aliphatic heterocycles. The maximum absolute atomic E-state index is 12.6. The van der Waals surface area contributed by atoms with Gasteiger partial charge in [-0.25, -0.2) is 5.43 Å². The van der Waals surface area contributed by atoms with Crippen LogP contribution in [0.5, 0.6) is 17.2 Å². The second-order valence-corrected chi connectivity index (χ2v) is 8.39. The number of aromatic hydroxyl groups is 1. The minimum atomic E-state index is -0.508. The molecule has 0 aliphatic rings. The van der Waals surface area contributed by atoms with E-state index < -0.39 is 5.91 Å². The zero-order valence-electron chi connectivity index (χ0n) is 20.3. The highest BCUT2D eigenvalue weighted by molar-refractivity contribution is 6.01. The van der Waals surface area contributed by atoms with Gasteiger partial charge in [0.25, 0.3) is 5.91 Å². The van der Waals surface area contributed by atoms with E-state index in [1.165, 1.54) is 11.8 Å². The molecular weight excluding hydrogens is 452 g/mol. The number of rotatable bonds is 9. The summed E-state index contributed by atoms with van der Waals surface area (Å²) in [6, 6.07) is 22.6. The Balaban J connectivity index is 1.52. The van der Waals surface area contributed by atoms with E-state index >= 15 is 0 Å². The monoisotopic (exact) mass is 480 g/mol. The van der Waals surface area contributed by atoms with Crippen LogP contribution in [0.4, 0.5) is 0 Å². The van der Waals surface area contributed by atoms with Crippen molar-refractivity contribution in [2.24, 2.45) is 5.10 Å². The third-order valence-corrected chi connectivity index (χ3v) is 5.73. The smallest absolute Gasteiger partial charge is 0.275 e. The van der Waals surface area contributed by atoms with Crippen molar-refractivity contribution < 1.29 is 19.4 Å². The third kappa shape index (κ3) is 5.73. The lowest BCUT2D eigenvalue weighted by molar-refractivity contribution is 0.0952. The van der Waals surface area contributed by atoms with E-state index in [1.807, 2.05) is 61.5 Å². The average Bonchev–Trinajstić information content (AvgIpc) is 2.88. The van der Waals surface area contributed by atoms with Crippen LogP contribution in [0.2, 0.25) is 0 Å². The van der Waals surface area contributed by atoms with Crippen molar-refractivity contribution in [1.29, 1.82) is 0 Å². The largest absolute Gasteiger partial charge is 0.507 e. The first-order valence-electron chi connectivity index (χ1n) is 11.5. The van der Waals surface area contributed by atoms with Gasteiger partial charge in [0.05, 0.1) is 18.9 Å². The number of methoxy groups -OCH3 is 1. The summed E-state index contributed by atoms with van der Waals surface area (Å²) in [5.74, 6) is 0.582. The summed E-state index contributed by atoms with van der Waals surface area (Å²) >= 11 is 0. The van der Waals surface area contributed by atoms with Crippen LogP contribution in [0.1, 0.15) is 32.6 Å². The molecule has 36 heavy (non-hydrogen) atoms. The molecule has 0 saturated carbocycles. The minimum absolute atomic E-state index is 0.105. The van der Waals surface area contributed by atoms with Crippen LogP contribution in [0.25, 0.3) is 10.8 Å². The lowest BCUT2D eigenvalue weighted by atomic mass is 10.1. The van der Waals surface area contributed by atoms with Gasteiger partial charge in [-0.05, 0) is 59.5 Å². The third-order valence-electron chi connectivity index (χ3n) is 5.73. The number of aryl methyl sites for hydroxylation is 1. The minimum Gasteiger partial charge on any atom is -0.507 e. The summed E-state index contributed by atoms with van der Waals surface area (Å²) in [5, 5.41) is 16.1. The highest BCUT2D eigenvalue weighted by atomic mass is 16.5. The molecule has 0 unspecified atom stereocenters. The Morgan fingerprint density at radius 1 is 1.06 bits per heavy atom. The highest BCUT2D eigenvalue weighted by Crippen LogP contribution is 2.34. The topological polar surface area (TPSA) is 80.2 Å². The molecule has 182 valence electrons. The summed E-state index contributed by atoms with van der Waals surface area (Å²) in [5.41, 5.74) is 6.48. The van der Waals surface area contributed by atoms with Gasteiger partial charge in [0.1, 0.15) is 12.4 Å². The van der Waals surface area contributed by atoms with Crippen LogP contribution in [0.15, 0.2) is 90.6 Å². The van der Waals surface area contributed by atoms with E-state index in [0.29, 0.717) is 24.5 Å². The number of nitrogens with zero attached hydrogens (tertiary/aromatic N) is 1. The van der Waals surface area contributed by atoms with Gasteiger partial charge in [-0.3, -0.25) is 4.79 Å². The van der Waals surface area contributed by atoms with Crippen LogP contribution in [0, 0.1) is 6.92 Å². The average molecular weight is 481 g/mol. The fraction of sp³-hybridized carbons (Fsp3) is 0.133. The normalized spacial score (nSPS) is 10.9. The molecule has 0 radical (unpaired) electrons. The van der Waals surface area contributed by atoms with E-state index in [2.05, 4.69) is 17.1 Å². The highest BCUT2D eigenvalue weighted by Gasteiger charge is 2.14. The van der Waals surface area contributed by atoms with Crippen molar-refractivity contribution in [3.05, 3.63) is 113 Å². The van der Waals surface area contributed by atoms with Crippen molar-refractivity contribution in [2.45, 2.75) is 20.0 Å². The Labute approximate surface area is 210 Å². The van der Waals surface area contributed by atoms with E-state index in [4.69, 9.17) is 9.47 Å². The molecule has 0 bridgehead atoms. The van der Waals surface area contributed by atoms with Gasteiger partial charge in [-0.1, -0.05) is 60.2 Å². The number of amides is 1. The van der Waals surface area contributed by atoms with Gasteiger partial charge < -0.3 is 14.6 Å². The van der Waals surface area contributed by atoms with Crippen LogP contribution in [0.3, 0.4) is 0 Å². The zero-order valence-corrected chi connectivity index (χ0v) is 20.3. The molecule has 0 heterocycles. The molecule has 2 N–H and O–H groups in total. The second kappa shape index (κ2) is 11.2. The Bertz CT molecular complexity index is 1430. The van der Waals surface area contributed by atoms with Crippen molar-refractivity contribution in [3.63, 3.8) is 0 Å². The first-order valence-corrected chi connectivity index (χ1v) is 11.5. The lowest BCUT2D eigenvalue weighted by Gasteiger charge is -2.16. The fourth-order valence-electron chi connectivity index (χ4n) is 3.86. The van der Waals surface area contributed by atoms with Gasteiger partial charge in [0.2, 0.25) is 0 Å². The molecule has 0 spiro atoms. The van der Waals surface area contributed by atoms with Crippen LogP contribution in [-0.4, -0.2) is 24.3 Å². The SMILES string of the molecule is C=CCc1cc(C=NNC(=O)c2cc3ccccc3cc2O)cc(OC)c1OCc1ccc(C)cc1. The molecule has 6 heteroatoms. The van der Waals surface area contributed by atoms with Crippen LogP contribution >= 0.6 is 0 Å².